The van der Waals surface area contributed by atoms with Crippen molar-refractivity contribution in [2.45, 2.75) is 32.2 Å². The maximum Gasteiger partial charge on any atom is 0.352 e. The second-order valence-electron chi connectivity index (χ2n) is 8.96. The fourth-order valence-electron chi connectivity index (χ4n) is 4.34. The first kappa shape index (κ1) is 30.3. The van der Waals surface area contributed by atoms with E-state index in [2.05, 4.69) is 15.5 Å². The zero-order valence-electron chi connectivity index (χ0n) is 23.0. The van der Waals surface area contributed by atoms with Gasteiger partial charge in [-0.25, -0.2) is 14.3 Å². The van der Waals surface area contributed by atoms with Crippen molar-refractivity contribution in [3.8, 4) is 0 Å². The average Bonchev–Trinajstić information content (AvgIpc) is 3.49. The number of thiazole rings is 2. The maximum atomic E-state index is 13.2. The Balaban J connectivity index is 1.53. The lowest BCUT2D eigenvalue weighted by atomic mass is 10.0. The van der Waals surface area contributed by atoms with Gasteiger partial charge in [0.2, 0.25) is 0 Å². The normalized spacial score (nSPS) is 18.5. The number of carboxylic acid groups (broad SMARTS) is 1. The molecule has 0 radical (unpaired) electrons. The molecule has 2 aliphatic heterocycles. The Morgan fingerprint density at radius 1 is 1.34 bits per heavy atom. The minimum absolute atomic E-state index is 0.147. The molecule has 17 heteroatoms. The second-order valence-corrected chi connectivity index (χ2v) is 11.9. The molecule has 4 rings (SSSR count). The highest BCUT2D eigenvalue weighted by Crippen LogP contribution is 2.40. The summed E-state index contributed by atoms with van der Waals surface area (Å²) in [6.07, 6.45) is 0. The Bertz CT molecular complexity index is 1450. The van der Waals surface area contributed by atoms with E-state index < -0.39 is 35.2 Å². The Kier molecular flexibility index (Phi) is 9.18. The number of aromatic nitrogens is 2. The highest BCUT2D eigenvalue weighted by atomic mass is 32.2. The topological polar surface area (TPSA) is 183 Å². The summed E-state index contributed by atoms with van der Waals surface area (Å²) < 4.78 is 6.97. The van der Waals surface area contributed by atoms with E-state index in [-0.39, 0.29) is 47.7 Å². The van der Waals surface area contributed by atoms with E-state index in [1.807, 2.05) is 4.57 Å². The number of carboxylic acids is 1. The summed E-state index contributed by atoms with van der Waals surface area (Å²) in [7, 11) is 3.57. The molecule has 0 spiro atoms. The van der Waals surface area contributed by atoms with Crippen molar-refractivity contribution in [1.82, 2.24) is 15.2 Å². The standard InChI is InChI=1S/C24H29N7O7S3/c1-6-37-22(36)17-11(3)30(5)24(41-17)29(4)8-12-9-39-20-15(19(33)31(20)16(12)21(34)35)27-18(32)14(28-38-7-2)13-10-40-23(25)26-13/h10,15,20H,6-9H2,1-5H3,(H3-,25,26,27,32,34,35)/b28-14-. The Morgan fingerprint density at radius 2 is 2.07 bits per heavy atom. The minimum atomic E-state index is -1.49. The van der Waals surface area contributed by atoms with Gasteiger partial charge in [-0.05, 0) is 32.1 Å². The lowest BCUT2D eigenvalue weighted by Gasteiger charge is -2.50. The molecule has 2 amide bonds. The summed E-state index contributed by atoms with van der Waals surface area (Å²) >= 11 is 3.67. The molecule has 220 valence electrons. The predicted molar refractivity (Wildman–Crippen MR) is 151 cm³/mol. The molecule has 3 N–H and O–H groups in total. The van der Waals surface area contributed by atoms with Crippen LogP contribution in [0.1, 0.15) is 34.9 Å². The van der Waals surface area contributed by atoms with Crippen molar-refractivity contribution < 1.29 is 38.4 Å². The number of oxime groups is 1. The van der Waals surface area contributed by atoms with Crippen LogP contribution in [0.15, 0.2) is 21.8 Å². The van der Waals surface area contributed by atoms with Crippen LogP contribution in [0, 0.1) is 6.92 Å². The molecule has 41 heavy (non-hydrogen) atoms. The van der Waals surface area contributed by atoms with Gasteiger partial charge in [0, 0.05) is 16.7 Å². The van der Waals surface area contributed by atoms with Crippen LogP contribution in [0.25, 0.3) is 0 Å². The third-order valence-corrected chi connectivity index (χ3v) is 9.77. The lowest BCUT2D eigenvalue weighted by Crippen LogP contribution is -2.71. The molecule has 2 aliphatic rings. The number of nitrogens with zero attached hydrogens (tertiary/aromatic N) is 5. The molecular weight excluding hydrogens is 595 g/mol. The van der Waals surface area contributed by atoms with E-state index >= 15 is 0 Å². The number of anilines is 2. The van der Waals surface area contributed by atoms with E-state index in [1.54, 1.807) is 45.1 Å². The molecule has 0 aliphatic carbocycles. The van der Waals surface area contributed by atoms with Crippen molar-refractivity contribution >= 4 is 74.2 Å². The number of likely N-dealkylation sites (N-methyl/N-ethyl adjacent to an activating group) is 1. The molecule has 2 aromatic rings. The van der Waals surface area contributed by atoms with Gasteiger partial charge in [0.15, 0.2) is 15.7 Å². The van der Waals surface area contributed by atoms with Gasteiger partial charge in [-0.3, -0.25) is 19.4 Å². The number of nitrogens with one attached hydrogen (secondary N) is 1. The van der Waals surface area contributed by atoms with Gasteiger partial charge < -0.3 is 30.5 Å². The number of ether oxygens (including phenoxy) is 1. The average molecular weight is 624 g/mol. The predicted octanol–water partition coefficient (Wildman–Crippen LogP) is -0.623. The number of esters is 1. The number of amides is 2. The summed E-state index contributed by atoms with van der Waals surface area (Å²) in [5.41, 5.74) is 6.69. The summed E-state index contributed by atoms with van der Waals surface area (Å²) in [5.74, 6) is -2.94. The van der Waals surface area contributed by atoms with Crippen LogP contribution in [-0.2, 0) is 31.0 Å². The smallest absolute Gasteiger partial charge is 0.352 e. The molecule has 0 saturated carbocycles. The number of aliphatic carboxylic acids is 1. The molecule has 2 aromatic heterocycles. The number of β-lactam (4-membered cyclic amide) rings is 1. The zero-order chi connectivity index (χ0) is 30.0. The number of fused-ring (bicyclic) bond motifs is 1. The number of thioether (sulfide) groups is 1. The monoisotopic (exact) mass is 623 g/mol. The zero-order valence-corrected chi connectivity index (χ0v) is 25.4. The molecule has 0 aromatic carbocycles. The molecule has 4 heterocycles. The van der Waals surface area contributed by atoms with Crippen molar-refractivity contribution in [2.75, 3.05) is 43.2 Å². The Labute approximate surface area is 247 Å². The summed E-state index contributed by atoms with van der Waals surface area (Å²) in [6.45, 7) is 5.84. The molecular formula is C24H29N7O7S3. The van der Waals surface area contributed by atoms with Crippen LogP contribution in [-0.4, -0.2) is 83.3 Å². The number of nitrogens with two attached hydrogens (primary N) is 1. The van der Waals surface area contributed by atoms with Gasteiger partial charge in [-0.1, -0.05) is 5.16 Å². The second kappa shape index (κ2) is 12.4. The number of carbonyl (C=O) groups excluding carboxylic acids is 4. The van der Waals surface area contributed by atoms with Gasteiger partial charge in [-0.2, -0.15) is 0 Å². The third kappa shape index (κ3) is 5.87. The quantitative estimate of drug-likeness (QED) is 0.107. The first-order valence-corrected chi connectivity index (χ1v) is 15.2. The van der Waals surface area contributed by atoms with Crippen molar-refractivity contribution in [1.29, 1.82) is 0 Å². The van der Waals surface area contributed by atoms with Crippen LogP contribution in [0.4, 0.5) is 10.3 Å². The molecule has 2 atom stereocenters. The molecule has 1 saturated heterocycles. The lowest BCUT2D eigenvalue weighted by molar-refractivity contribution is -0.660. The number of hydrogen-bond donors (Lipinski definition) is 2. The van der Waals surface area contributed by atoms with Crippen molar-refractivity contribution in [3.63, 3.8) is 0 Å². The molecule has 1 fully saturated rings. The molecule has 14 nitrogen and oxygen atoms in total. The summed E-state index contributed by atoms with van der Waals surface area (Å²) in [6, 6.07) is -0.992. The van der Waals surface area contributed by atoms with Crippen LogP contribution in [0.5, 0.6) is 0 Å². The number of rotatable bonds is 11. The number of hydrogen-bond acceptors (Lipinski definition) is 14. The molecule has 2 unspecified atom stereocenters. The first-order chi connectivity index (χ1) is 19.5. The summed E-state index contributed by atoms with van der Waals surface area (Å²) in [5, 5.41) is 20.5. The summed E-state index contributed by atoms with van der Waals surface area (Å²) in [4.78, 5) is 63.3. The van der Waals surface area contributed by atoms with Crippen LogP contribution >= 0.6 is 34.4 Å². The molecule has 0 bridgehead atoms. The SMILES string of the molecule is CCO/N=C(\C(=O)NC1C(=O)N2C(C(=O)[O-])=C(CN(C)c3sc(C(=O)OCC)c(C)[n+]3C)CSC12)c1csc(N)n1. The van der Waals surface area contributed by atoms with E-state index in [9.17, 15) is 24.3 Å². The third-order valence-electron chi connectivity index (χ3n) is 6.32. The van der Waals surface area contributed by atoms with Gasteiger partial charge in [0.1, 0.15) is 36.0 Å². The highest BCUT2D eigenvalue weighted by molar-refractivity contribution is 8.00. The van der Waals surface area contributed by atoms with Gasteiger partial charge in [0.05, 0.1) is 32.4 Å². The number of nitrogen functional groups attached to an aromatic ring is 1. The van der Waals surface area contributed by atoms with Crippen LogP contribution < -0.4 is 25.6 Å². The fraction of sp³-hybridized carbons (Fsp3) is 0.458. The van der Waals surface area contributed by atoms with Gasteiger partial charge in [-0.15, -0.1) is 23.1 Å². The first-order valence-electron chi connectivity index (χ1n) is 12.5. The number of carbonyl (C=O) groups is 4. The highest BCUT2D eigenvalue weighted by Gasteiger charge is 2.53. The maximum absolute atomic E-state index is 13.2. The Morgan fingerprint density at radius 3 is 2.68 bits per heavy atom. The van der Waals surface area contributed by atoms with E-state index in [4.69, 9.17) is 15.3 Å². The largest absolute Gasteiger partial charge is 0.543 e. The minimum Gasteiger partial charge on any atom is -0.543 e. The van der Waals surface area contributed by atoms with Crippen molar-refractivity contribution in [2.24, 2.45) is 12.2 Å². The van der Waals surface area contributed by atoms with E-state index in [1.165, 1.54) is 23.1 Å². The van der Waals surface area contributed by atoms with Gasteiger partial charge in [0.25, 0.3) is 11.8 Å². The van der Waals surface area contributed by atoms with E-state index in [0.29, 0.717) is 21.3 Å². The van der Waals surface area contributed by atoms with Crippen LogP contribution in [0.3, 0.4) is 0 Å². The Hall–Kier alpha value is -3.70. The van der Waals surface area contributed by atoms with E-state index in [0.717, 1.165) is 16.2 Å². The van der Waals surface area contributed by atoms with Crippen LogP contribution in [0.2, 0.25) is 0 Å². The van der Waals surface area contributed by atoms with Gasteiger partial charge >= 0.3 is 11.1 Å². The fourth-order valence-corrected chi connectivity index (χ4v) is 7.32. The van der Waals surface area contributed by atoms with Crippen molar-refractivity contribution in [3.05, 3.63) is 32.9 Å².